The van der Waals surface area contributed by atoms with E-state index in [4.69, 9.17) is 0 Å². The highest BCUT2D eigenvalue weighted by Crippen LogP contribution is 2.28. The minimum atomic E-state index is -0.173. The summed E-state index contributed by atoms with van der Waals surface area (Å²) in [4.78, 5) is 14.2. The molecule has 1 aliphatic heterocycles. The summed E-state index contributed by atoms with van der Waals surface area (Å²) in [5.74, 6) is 0. The Bertz CT molecular complexity index is 655. The van der Waals surface area contributed by atoms with Gasteiger partial charge in [0.25, 0.3) is 0 Å². The SMILES string of the molecule is CN1CCCc2cc(NC(=O)NCc3ccccc3)ccc21. The number of hydrogen-bond donors (Lipinski definition) is 2. The van der Waals surface area contributed by atoms with Gasteiger partial charge in [-0.25, -0.2) is 4.79 Å². The van der Waals surface area contributed by atoms with Gasteiger partial charge in [-0.05, 0) is 42.2 Å². The van der Waals surface area contributed by atoms with Crippen molar-refractivity contribution in [2.24, 2.45) is 0 Å². The maximum atomic E-state index is 12.0. The van der Waals surface area contributed by atoms with Crippen LogP contribution in [0.15, 0.2) is 48.5 Å². The van der Waals surface area contributed by atoms with Crippen LogP contribution in [-0.4, -0.2) is 19.6 Å². The molecule has 0 fully saturated rings. The van der Waals surface area contributed by atoms with Crippen LogP contribution in [0.4, 0.5) is 16.2 Å². The van der Waals surface area contributed by atoms with Gasteiger partial charge in [-0.15, -0.1) is 0 Å². The van der Waals surface area contributed by atoms with Crippen LogP contribution in [0, 0.1) is 0 Å². The lowest BCUT2D eigenvalue weighted by Crippen LogP contribution is -2.28. The number of rotatable bonds is 3. The second-order valence-electron chi connectivity index (χ2n) is 5.66. The number of carbonyl (C=O) groups excluding carboxylic acids is 1. The molecule has 0 radical (unpaired) electrons. The molecule has 1 heterocycles. The van der Waals surface area contributed by atoms with Crippen molar-refractivity contribution in [1.29, 1.82) is 0 Å². The van der Waals surface area contributed by atoms with Crippen molar-refractivity contribution < 1.29 is 4.79 Å². The molecule has 2 aromatic rings. The number of aryl methyl sites for hydroxylation is 1. The molecule has 0 saturated heterocycles. The van der Waals surface area contributed by atoms with E-state index in [1.54, 1.807) is 0 Å². The van der Waals surface area contributed by atoms with Gasteiger partial charge >= 0.3 is 6.03 Å². The first-order valence-electron chi connectivity index (χ1n) is 7.65. The Labute approximate surface area is 131 Å². The van der Waals surface area contributed by atoms with Crippen LogP contribution < -0.4 is 15.5 Å². The van der Waals surface area contributed by atoms with Gasteiger partial charge in [0.15, 0.2) is 0 Å². The van der Waals surface area contributed by atoms with Gasteiger partial charge in [-0.2, -0.15) is 0 Å². The van der Waals surface area contributed by atoms with E-state index < -0.39 is 0 Å². The smallest absolute Gasteiger partial charge is 0.319 e. The van der Waals surface area contributed by atoms with Crippen molar-refractivity contribution in [3.8, 4) is 0 Å². The van der Waals surface area contributed by atoms with Gasteiger partial charge in [0.05, 0.1) is 0 Å². The Morgan fingerprint density at radius 1 is 1.18 bits per heavy atom. The molecule has 0 bridgehead atoms. The van der Waals surface area contributed by atoms with Crippen molar-refractivity contribution in [2.75, 3.05) is 23.8 Å². The third kappa shape index (κ3) is 3.39. The first kappa shape index (κ1) is 14.4. The van der Waals surface area contributed by atoms with Crippen LogP contribution >= 0.6 is 0 Å². The highest BCUT2D eigenvalue weighted by molar-refractivity contribution is 5.89. The molecule has 2 aromatic carbocycles. The van der Waals surface area contributed by atoms with E-state index in [1.807, 2.05) is 36.4 Å². The summed E-state index contributed by atoms with van der Waals surface area (Å²) in [6.07, 6.45) is 2.23. The number of benzene rings is 2. The molecule has 114 valence electrons. The second-order valence-corrected chi connectivity index (χ2v) is 5.66. The lowest BCUT2D eigenvalue weighted by atomic mass is 10.0. The maximum Gasteiger partial charge on any atom is 0.319 e. The van der Waals surface area contributed by atoms with Gasteiger partial charge < -0.3 is 15.5 Å². The minimum absolute atomic E-state index is 0.173. The molecule has 4 heteroatoms. The van der Waals surface area contributed by atoms with Crippen LogP contribution in [0.5, 0.6) is 0 Å². The molecule has 2 amide bonds. The third-order valence-corrected chi connectivity index (χ3v) is 3.98. The summed E-state index contributed by atoms with van der Waals surface area (Å²) in [5, 5.41) is 5.78. The van der Waals surface area contributed by atoms with E-state index in [9.17, 15) is 4.79 Å². The van der Waals surface area contributed by atoms with Gasteiger partial charge in [0, 0.05) is 31.5 Å². The van der Waals surface area contributed by atoms with Crippen molar-refractivity contribution in [2.45, 2.75) is 19.4 Å². The predicted octanol–water partition coefficient (Wildman–Crippen LogP) is 3.39. The highest BCUT2D eigenvalue weighted by atomic mass is 16.2. The van der Waals surface area contributed by atoms with Crippen LogP contribution in [0.2, 0.25) is 0 Å². The molecule has 2 N–H and O–H groups in total. The number of hydrogen-bond acceptors (Lipinski definition) is 2. The van der Waals surface area contributed by atoms with E-state index in [0.717, 1.165) is 30.6 Å². The van der Waals surface area contributed by atoms with E-state index in [1.165, 1.54) is 11.3 Å². The zero-order valence-corrected chi connectivity index (χ0v) is 12.8. The van der Waals surface area contributed by atoms with Crippen LogP contribution in [0.1, 0.15) is 17.5 Å². The molecule has 1 aliphatic rings. The fourth-order valence-corrected chi connectivity index (χ4v) is 2.82. The lowest BCUT2D eigenvalue weighted by Gasteiger charge is -2.27. The number of fused-ring (bicyclic) bond motifs is 1. The van der Waals surface area contributed by atoms with Crippen molar-refractivity contribution in [1.82, 2.24) is 5.32 Å². The molecule has 3 rings (SSSR count). The topological polar surface area (TPSA) is 44.4 Å². The first-order chi connectivity index (χ1) is 10.7. The summed E-state index contributed by atoms with van der Waals surface area (Å²) in [5.41, 5.74) is 4.50. The molecule has 0 spiro atoms. The van der Waals surface area contributed by atoms with Gasteiger partial charge in [0.2, 0.25) is 0 Å². The molecular formula is C18H21N3O. The molecule has 0 atom stereocenters. The fourth-order valence-electron chi connectivity index (χ4n) is 2.82. The zero-order chi connectivity index (χ0) is 15.4. The van der Waals surface area contributed by atoms with Crippen LogP contribution in [-0.2, 0) is 13.0 Å². The zero-order valence-electron chi connectivity index (χ0n) is 12.8. The molecular weight excluding hydrogens is 274 g/mol. The number of nitrogens with one attached hydrogen (secondary N) is 2. The van der Waals surface area contributed by atoms with E-state index >= 15 is 0 Å². The second kappa shape index (κ2) is 6.52. The van der Waals surface area contributed by atoms with E-state index in [-0.39, 0.29) is 6.03 Å². The number of carbonyl (C=O) groups is 1. The van der Waals surface area contributed by atoms with Crippen molar-refractivity contribution in [3.63, 3.8) is 0 Å². The molecule has 0 unspecified atom stereocenters. The third-order valence-electron chi connectivity index (χ3n) is 3.98. The quantitative estimate of drug-likeness (QED) is 0.911. The van der Waals surface area contributed by atoms with Crippen LogP contribution in [0.25, 0.3) is 0 Å². The summed E-state index contributed by atoms with van der Waals surface area (Å²) in [6, 6.07) is 15.8. The summed E-state index contributed by atoms with van der Waals surface area (Å²) in [6.45, 7) is 1.62. The van der Waals surface area contributed by atoms with E-state index in [0.29, 0.717) is 6.54 Å². The number of anilines is 2. The average Bonchev–Trinajstić information content (AvgIpc) is 2.54. The molecule has 0 aromatic heterocycles. The monoisotopic (exact) mass is 295 g/mol. The predicted molar refractivity (Wildman–Crippen MR) is 90.3 cm³/mol. The highest BCUT2D eigenvalue weighted by Gasteiger charge is 2.14. The summed E-state index contributed by atoms with van der Waals surface area (Å²) < 4.78 is 0. The minimum Gasteiger partial charge on any atom is -0.374 e. The lowest BCUT2D eigenvalue weighted by molar-refractivity contribution is 0.251. The summed E-state index contributed by atoms with van der Waals surface area (Å²) in [7, 11) is 2.11. The average molecular weight is 295 g/mol. The summed E-state index contributed by atoms with van der Waals surface area (Å²) >= 11 is 0. The number of urea groups is 1. The Kier molecular flexibility index (Phi) is 4.28. The first-order valence-corrected chi connectivity index (χ1v) is 7.65. The fraction of sp³-hybridized carbons (Fsp3) is 0.278. The van der Waals surface area contributed by atoms with Gasteiger partial charge in [-0.3, -0.25) is 0 Å². The van der Waals surface area contributed by atoms with Crippen molar-refractivity contribution in [3.05, 3.63) is 59.7 Å². The van der Waals surface area contributed by atoms with Gasteiger partial charge in [0.1, 0.15) is 0 Å². The Morgan fingerprint density at radius 2 is 2.00 bits per heavy atom. The van der Waals surface area contributed by atoms with Crippen LogP contribution in [0.3, 0.4) is 0 Å². The largest absolute Gasteiger partial charge is 0.374 e. The Morgan fingerprint density at radius 3 is 2.82 bits per heavy atom. The normalized spacial score (nSPS) is 13.4. The van der Waals surface area contributed by atoms with Gasteiger partial charge in [-0.1, -0.05) is 30.3 Å². The Hall–Kier alpha value is -2.49. The maximum absolute atomic E-state index is 12.0. The standard InChI is InChI=1S/C18H21N3O/c1-21-11-5-8-15-12-16(9-10-17(15)21)20-18(22)19-13-14-6-3-2-4-7-14/h2-4,6-7,9-10,12H,5,8,11,13H2,1H3,(H2,19,20,22). The molecule has 22 heavy (non-hydrogen) atoms. The van der Waals surface area contributed by atoms with E-state index in [2.05, 4.69) is 34.7 Å². The number of amides is 2. The molecule has 0 saturated carbocycles. The van der Waals surface area contributed by atoms with Crippen molar-refractivity contribution >= 4 is 17.4 Å². The molecule has 0 aliphatic carbocycles. The number of nitrogens with zero attached hydrogens (tertiary/aromatic N) is 1. The molecule has 4 nitrogen and oxygen atoms in total. The Balaban J connectivity index is 1.60.